The second-order valence-electron chi connectivity index (χ2n) is 0.681. The highest BCUT2D eigenvalue weighted by molar-refractivity contribution is 7.07. The average molecular weight is 105 g/mol. The van der Waals surface area contributed by atoms with Gasteiger partial charge in [0, 0.05) is 11.5 Å². The highest BCUT2D eigenvalue weighted by Crippen LogP contribution is 1.97. The summed E-state index contributed by atoms with van der Waals surface area (Å²) >= 11 is 0.571. The van der Waals surface area contributed by atoms with Crippen molar-refractivity contribution in [2.24, 2.45) is 0 Å². The van der Waals surface area contributed by atoms with Crippen molar-refractivity contribution in [2.75, 3.05) is 0 Å². The summed E-state index contributed by atoms with van der Waals surface area (Å²) in [6, 6.07) is 0. The molecule has 6 heavy (non-hydrogen) atoms. The van der Waals surface area contributed by atoms with E-state index in [1.807, 2.05) is 0 Å². The molecule has 0 saturated carbocycles. The number of rotatable bonds is 0. The van der Waals surface area contributed by atoms with Gasteiger partial charge in [-0.05, 0) is 0 Å². The third-order valence-electron chi connectivity index (χ3n) is 0.325. The van der Waals surface area contributed by atoms with Crippen molar-refractivity contribution in [3.63, 3.8) is 0 Å². The Balaban J connectivity index is 3.14. The molecule has 0 spiro atoms. The number of thiazole rings is 1. The van der Waals surface area contributed by atoms with E-state index in [-0.39, 0.29) is 11.5 Å². The molecule has 1 rings (SSSR count). The molecule has 1 aromatic rings. The third kappa shape index (κ3) is 0.542. The van der Waals surface area contributed by atoms with E-state index >= 15 is 0 Å². The van der Waals surface area contributed by atoms with Gasteiger partial charge in [-0.25, -0.2) is 4.98 Å². The van der Waals surface area contributed by atoms with Crippen molar-refractivity contribution in [3.8, 4) is 0 Å². The summed E-state index contributed by atoms with van der Waals surface area (Å²) < 4.78 is 25.3. The fourth-order valence-corrected chi connectivity index (χ4v) is 0.421. The Morgan fingerprint density at radius 2 is 3.00 bits per heavy atom. The lowest BCUT2D eigenvalue weighted by molar-refractivity contribution is 0.617. The minimum absolute atomic E-state index is 0.123. The van der Waals surface area contributed by atoms with Crippen molar-refractivity contribution >= 4 is 11.3 Å². The molecular formula is C3H2FNS. The van der Waals surface area contributed by atoms with Crippen LogP contribution >= 0.6 is 11.3 Å². The van der Waals surface area contributed by atoms with Gasteiger partial charge in [-0.2, -0.15) is 4.39 Å². The van der Waals surface area contributed by atoms with Crippen LogP contribution in [-0.2, 0) is 0 Å². The molecule has 0 aliphatic carbocycles. The summed E-state index contributed by atoms with van der Waals surface area (Å²) in [5.41, 5.74) is 0. The summed E-state index contributed by atoms with van der Waals surface area (Å²) in [5.74, 6) is 0. The first kappa shape index (κ1) is 2.02. The van der Waals surface area contributed by atoms with E-state index in [1.54, 1.807) is 0 Å². The van der Waals surface area contributed by atoms with Gasteiger partial charge in [0.05, 0.1) is 2.74 Å². The van der Waals surface area contributed by atoms with E-state index < -0.39 is 5.26 Å². The Morgan fingerprint density at radius 1 is 2.17 bits per heavy atom. The zero-order valence-electron chi connectivity index (χ0n) is 4.73. The minimum atomic E-state index is -0.708. The van der Waals surface area contributed by atoms with Crippen LogP contribution in [0.1, 0.15) is 2.74 Å². The summed E-state index contributed by atoms with van der Waals surface area (Å²) in [5, 5.41) is -0.831. The van der Waals surface area contributed by atoms with Crippen LogP contribution in [0.5, 0.6) is 0 Å². The molecule has 3 heteroatoms. The molecule has 0 aliphatic rings. The van der Waals surface area contributed by atoms with Crippen LogP contribution in [0.2, 0.25) is 0 Å². The molecule has 0 aromatic carbocycles. The van der Waals surface area contributed by atoms with Crippen molar-refractivity contribution in [1.82, 2.24) is 4.98 Å². The number of hydrogen-bond donors (Lipinski definition) is 0. The Kier molecular flexibility index (Phi) is 0.453. The fourth-order valence-electron chi connectivity index (χ4n) is 0.155. The van der Waals surface area contributed by atoms with E-state index in [1.165, 1.54) is 0 Å². The summed E-state index contributed by atoms with van der Waals surface area (Å²) in [6.45, 7) is 0. The lowest BCUT2D eigenvalue weighted by atomic mass is 11.0. The van der Waals surface area contributed by atoms with Gasteiger partial charge in [-0.15, -0.1) is 0 Å². The average Bonchev–Trinajstić information content (AvgIpc) is 1.85. The van der Waals surface area contributed by atoms with Crippen LogP contribution in [0.4, 0.5) is 4.39 Å². The maximum absolute atomic E-state index is 11.9. The van der Waals surface area contributed by atoms with Crippen LogP contribution < -0.4 is 0 Å². The second-order valence-corrected chi connectivity index (χ2v) is 1.43. The highest BCUT2D eigenvalue weighted by Gasteiger charge is 1.82. The lowest BCUT2D eigenvalue weighted by Crippen LogP contribution is -1.58. The largest absolute Gasteiger partial charge is 0.268 e. The van der Waals surface area contributed by atoms with Crippen LogP contribution in [0.25, 0.3) is 0 Å². The molecule has 0 N–H and O–H groups in total. The first-order valence-corrected chi connectivity index (χ1v) is 2.11. The molecule has 1 aromatic heterocycles. The van der Waals surface area contributed by atoms with Crippen LogP contribution in [-0.4, -0.2) is 4.98 Å². The SMILES string of the molecule is [2H]c1nc(F)sc1[2H]. The zero-order valence-corrected chi connectivity index (χ0v) is 3.55. The van der Waals surface area contributed by atoms with E-state index in [0.29, 0.717) is 11.3 Å². The van der Waals surface area contributed by atoms with Crippen LogP contribution in [0.3, 0.4) is 0 Å². The van der Waals surface area contributed by atoms with Gasteiger partial charge < -0.3 is 0 Å². The number of nitrogens with zero attached hydrogens (tertiary/aromatic N) is 1. The zero-order chi connectivity index (χ0) is 6.15. The quantitative estimate of drug-likeness (QED) is 0.484. The molecule has 32 valence electrons. The minimum Gasteiger partial charge on any atom is -0.218 e. The van der Waals surface area contributed by atoms with Gasteiger partial charge in [-0.3, -0.25) is 0 Å². The van der Waals surface area contributed by atoms with Crippen molar-refractivity contribution in [3.05, 3.63) is 16.8 Å². The molecule has 0 aliphatic heterocycles. The smallest absolute Gasteiger partial charge is 0.218 e. The van der Waals surface area contributed by atoms with Gasteiger partial charge in [0.2, 0.25) is 0 Å². The lowest BCUT2D eigenvalue weighted by Gasteiger charge is -1.59. The molecule has 0 radical (unpaired) electrons. The molecule has 0 fully saturated rings. The van der Waals surface area contributed by atoms with Crippen LogP contribution in [0, 0.1) is 5.26 Å². The Hall–Kier alpha value is -0.440. The Morgan fingerprint density at radius 3 is 3.17 bits per heavy atom. The molecule has 0 unspecified atom stereocenters. The third-order valence-corrected chi connectivity index (χ3v) is 0.778. The summed E-state index contributed by atoms with van der Waals surface area (Å²) in [6.07, 6.45) is -0.285. The monoisotopic (exact) mass is 105 g/mol. The van der Waals surface area contributed by atoms with E-state index in [2.05, 4.69) is 4.98 Å². The predicted octanol–water partition coefficient (Wildman–Crippen LogP) is 1.28. The number of aromatic nitrogens is 1. The van der Waals surface area contributed by atoms with Crippen molar-refractivity contribution in [2.45, 2.75) is 0 Å². The fraction of sp³-hybridized carbons (Fsp3) is 0. The summed E-state index contributed by atoms with van der Waals surface area (Å²) in [7, 11) is 0. The molecule has 1 nitrogen and oxygen atoms in total. The summed E-state index contributed by atoms with van der Waals surface area (Å²) in [4.78, 5) is 3.04. The first-order chi connectivity index (χ1) is 3.70. The maximum atomic E-state index is 11.9. The van der Waals surface area contributed by atoms with Gasteiger partial charge in [0.25, 0.3) is 5.26 Å². The van der Waals surface area contributed by atoms with Gasteiger partial charge in [0.15, 0.2) is 0 Å². The number of hydrogen-bond acceptors (Lipinski definition) is 2. The van der Waals surface area contributed by atoms with E-state index in [4.69, 9.17) is 2.74 Å². The maximum Gasteiger partial charge on any atom is 0.268 e. The van der Waals surface area contributed by atoms with Gasteiger partial charge in [-0.1, -0.05) is 11.3 Å². The topological polar surface area (TPSA) is 12.9 Å². The van der Waals surface area contributed by atoms with E-state index in [0.717, 1.165) is 0 Å². The van der Waals surface area contributed by atoms with Crippen LogP contribution in [0.15, 0.2) is 11.5 Å². The molecule has 0 bridgehead atoms. The van der Waals surface area contributed by atoms with Gasteiger partial charge in [0.1, 0.15) is 0 Å². The number of halogens is 1. The highest BCUT2D eigenvalue weighted by atomic mass is 32.1. The van der Waals surface area contributed by atoms with Crippen molar-refractivity contribution in [1.29, 1.82) is 0 Å². The Labute approximate surface area is 41.3 Å². The van der Waals surface area contributed by atoms with E-state index in [9.17, 15) is 4.39 Å². The molecule has 1 heterocycles. The molecule has 0 atom stereocenters. The first-order valence-electron chi connectivity index (χ1n) is 2.29. The van der Waals surface area contributed by atoms with Crippen molar-refractivity contribution < 1.29 is 7.13 Å². The second kappa shape index (κ2) is 1.34. The van der Waals surface area contributed by atoms with Gasteiger partial charge >= 0.3 is 0 Å². The Bertz CT molecular complexity index is 180. The normalized spacial score (nSPS) is 13.5. The molecule has 0 amide bonds. The molecule has 0 saturated heterocycles. The molecular weight excluding hydrogens is 101 g/mol. The standard InChI is InChI=1S/C3H2FNS/c4-3-5-1-2-6-3/h1-2H/i1D,2D. The predicted molar refractivity (Wildman–Crippen MR) is 22.1 cm³/mol.